The number of nitrogens with one attached hydrogen (secondary N) is 1. The largest absolute Gasteiger partial charge is 0.493 e. The Kier molecular flexibility index (Phi) is 4.45. The predicted octanol–water partition coefficient (Wildman–Crippen LogP) is 1.79. The fraction of sp³-hybridized carbons (Fsp3) is 0.0556. The van der Waals surface area contributed by atoms with Crippen molar-refractivity contribution in [3.63, 3.8) is 0 Å². The van der Waals surface area contributed by atoms with Crippen LogP contribution in [0.4, 0.5) is 5.95 Å². The molecule has 0 saturated carbocycles. The lowest BCUT2D eigenvalue weighted by molar-refractivity contribution is -0.114. The number of carbonyl (C=O) groups excluding carboxylic acids is 1. The minimum Gasteiger partial charge on any atom is -0.493 e. The number of benzene rings is 1. The summed E-state index contributed by atoms with van der Waals surface area (Å²) < 4.78 is 0. The summed E-state index contributed by atoms with van der Waals surface area (Å²) in [7, 11) is 0. The van der Waals surface area contributed by atoms with Crippen LogP contribution in [0.2, 0.25) is 0 Å². The van der Waals surface area contributed by atoms with Crippen molar-refractivity contribution in [1.82, 2.24) is 15.0 Å². The molecular weight excluding hydrogens is 336 g/mol. The van der Waals surface area contributed by atoms with Crippen LogP contribution in [0.25, 0.3) is 11.0 Å². The van der Waals surface area contributed by atoms with Crippen LogP contribution < -0.4 is 5.32 Å². The molecule has 3 N–H and O–H groups in total. The van der Waals surface area contributed by atoms with Crippen LogP contribution in [-0.4, -0.2) is 37.0 Å². The van der Waals surface area contributed by atoms with E-state index in [1.807, 2.05) is 0 Å². The Morgan fingerprint density at radius 2 is 1.77 bits per heavy atom. The number of hydrogen-bond donors (Lipinski definition) is 3. The Hall–Kier alpha value is -3.99. The predicted molar refractivity (Wildman–Crippen MR) is 92.7 cm³/mol. The number of amides is 1. The van der Waals surface area contributed by atoms with E-state index in [9.17, 15) is 14.7 Å². The molecule has 128 valence electrons. The van der Waals surface area contributed by atoms with E-state index < -0.39 is 5.97 Å². The van der Waals surface area contributed by atoms with Crippen LogP contribution in [-0.2, 0) is 4.79 Å². The molecule has 2 aromatic heterocycles. The Balaban J connectivity index is 1.91. The van der Waals surface area contributed by atoms with Crippen LogP contribution in [0, 0.1) is 11.8 Å². The van der Waals surface area contributed by atoms with Gasteiger partial charge in [-0.1, -0.05) is 11.8 Å². The van der Waals surface area contributed by atoms with Gasteiger partial charge in [0.15, 0.2) is 5.65 Å². The van der Waals surface area contributed by atoms with Crippen molar-refractivity contribution in [2.24, 2.45) is 0 Å². The Bertz CT molecular complexity index is 1080. The number of aromatic carboxylic acids is 1. The summed E-state index contributed by atoms with van der Waals surface area (Å²) in [6.07, 6.45) is 1.48. The smallest absolute Gasteiger partial charge is 0.335 e. The minimum absolute atomic E-state index is 0.0349. The molecule has 0 atom stereocenters. The zero-order chi connectivity index (χ0) is 18.7. The second-order valence-corrected chi connectivity index (χ2v) is 5.28. The van der Waals surface area contributed by atoms with E-state index in [1.165, 1.54) is 25.3 Å². The zero-order valence-corrected chi connectivity index (χ0v) is 13.5. The van der Waals surface area contributed by atoms with E-state index in [0.29, 0.717) is 16.5 Å². The second kappa shape index (κ2) is 6.86. The SMILES string of the molecule is CC(=O)Nc1nc(O)c2cc(C#Cc3ccc(C(=O)O)cc3)cnc2n1. The first kappa shape index (κ1) is 16.9. The van der Waals surface area contributed by atoms with Crippen molar-refractivity contribution in [3.8, 4) is 17.7 Å². The van der Waals surface area contributed by atoms with Gasteiger partial charge in [-0.2, -0.15) is 9.97 Å². The van der Waals surface area contributed by atoms with E-state index in [4.69, 9.17) is 5.11 Å². The third kappa shape index (κ3) is 3.73. The van der Waals surface area contributed by atoms with Crippen LogP contribution in [0.1, 0.15) is 28.4 Å². The highest BCUT2D eigenvalue weighted by Gasteiger charge is 2.09. The molecule has 0 spiro atoms. The van der Waals surface area contributed by atoms with Gasteiger partial charge in [-0.3, -0.25) is 10.1 Å². The molecule has 0 aliphatic carbocycles. The number of aromatic hydroxyl groups is 1. The lowest BCUT2D eigenvalue weighted by Crippen LogP contribution is -2.09. The summed E-state index contributed by atoms with van der Waals surface area (Å²) in [4.78, 5) is 33.8. The van der Waals surface area contributed by atoms with Gasteiger partial charge in [0.1, 0.15) is 0 Å². The molecule has 0 unspecified atom stereocenters. The van der Waals surface area contributed by atoms with Crippen molar-refractivity contribution < 1.29 is 19.8 Å². The van der Waals surface area contributed by atoms with Crippen LogP contribution in [0.5, 0.6) is 5.88 Å². The summed E-state index contributed by atoms with van der Waals surface area (Å²) in [5.74, 6) is 4.05. The van der Waals surface area contributed by atoms with E-state index in [1.54, 1.807) is 18.2 Å². The number of hydrogen-bond acceptors (Lipinski definition) is 6. The fourth-order valence-electron chi connectivity index (χ4n) is 2.12. The normalized spacial score (nSPS) is 10.0. The molecule has 8 heteroatoms. The van der Waals surface area contributed by atoms with Gasteiger partial charge in [0.25, 0.3) is 0 Å². The van der Waals surface area contributed by atoms with Gasteiger partial charge in [-0.15, -0.1) is 0 Å². The third-order valence-electron chi connectivity index (χ3n) is 3.30. The number of carbonyl (C=O) groups is 2. The monoisotopic (exact) mass is 348 g/mol. The summed E-state index contributed by atoms with van der Waals surface area (Å²) >= 11 is 0. The highest BCUT2D eigenvalue weighted by Crippen LogP contribution is 2.22. The minimum atomic E-state index is -1.00. The third-order valence-corrected chi connectivity index (χ3v) is 3.30. The molecule has 1 amide bonds. The maximum atomic E-state index is 11.0. The number of carboxylic acid groups (broad SMARTS) is 1. The molecule has 0 fully saturated rings. The van der Waals surface area contributed by atoms with Crippen molar-refractivity contribution in [2.75, 3.05) is 5.32 Å². The molecule has 3 rings (SSSR count). The lowest BCUT2D eigenvalue weighted by Gasteiger charge is -2.04. The van der Waals surface area contributed by atoms with E-state index >= 15 is 0 Å². The molecule has 3 aromatic rings. The second-order valence-electron chi connectivity index (χ2n) is 5.28. The first-order chi connectivity index (χ1) is 12.4. The number of fused-ring (bicyclic) bond motifs is 1. The lowest BCUT2D eigenvalue weighted by atomic mass is 10.1. The first-order valence-corrected chi connectivity index (χ1v) is 7.42. The number of anilines is 1. The Morgan fingerprint density at radius 3 is 2.42 bits per heavy atom. The fourth-order valence-corrected chi connectivity index (χ4v) is 2.12. The van der Waals surface area contributed by atoms with Gasteiger partial charge in [0.05, 0.1) is 10.9 Å². The summed E-state index contributed by atoms with van der Waals surface area (Å²) in [6, 6.07) is 7.71. The highest BCUT2D eigenvalue weighted by atomic mass is 16.4. The zero-order valence-electron chi connectivity index (χ0n) is 13.5. The first-order valence-electron chi connectivity index (χ1n) is 7.42. The molecule has 2 heterocycles. The molecule has 0 saturated heterocycles. The van der Waals surface area contributed by atoms with Crippen molar-refractivity contribution in [2.45, 2.75) is 6.92 Å². The number of rotatable bonds is 2. The van der Waals surface area contributed by atoms with Crippen molar-refractivity contribution >= 4 is 28.9 Å². The average molecular weight is 348 g/mol. The molecule has 0 radical (unpaired) electrons. The molecular formula is C18H12N4O4. The number of carboxylic acids is 1. The maximum absolute atomic E-state index is 11.0. The molecule has 1 aromatic carbocycles. The maximum Gasteiger partial charge on any atom is 0.335 e. The van der Waals surface area contributed by atoms with Crippen LogP contribution >= 0.6 is 0 Å². The number of nitrogens with zero attached hydrogens (tertiary/aromatic N) is 3. The van der Waals surface area contributed by atoms with Gasteiger partial charge in [-0.25, -0.2) is 9.78 Å². The number of pyridine rings is 1. The van der Waals surface area contributed by atoms with Gasteiger partial charge < -0.3 is 10.2 Å². The van der Waals surface area contributed by atoms with Gasteiger partial charge in [-0.05, 0) is 30.3 Å². The summed E-state index contributed by atoms with van der Waals surface area (Å²) in [6.45, 7) is 1.31. The Labute approximate surface area is 147 Å². The van der Waals surface area contributed by atoms with Crippen LogP contribution in [0.3, 0.4) is 0 Å². The van der Waals surface area contributed by atoms with E-state index in [-0.39, 0.29) is 28.9 Å². The quantitative estimate of drug-likeness (QED) is 0.603. The van der Waals surface area contributed by atoms with Crippen molar-refractivity contribution in [3.05, 3.63) is 53.2 Å². The summed E-state index contributed by atoms with van der Waals surface area (Å²) in [5.41, 5.74) is 1.56. The average Bonchev–Trinajstić information content (AvgIpc) is 2.60. The Morgan fingerprint density at radius 1 is 1.08 bits per heavy atom. The van der Waals surface area contributed by atoms with Gasteiger partial charge in [0.2, 0.25) is 17.7 Å². The molecule has 0 aliphatic heterocycles. The van der Waals surface area contributed by atoms with Crippen LogP contribution in [0.15, 0.2) is 36.5 Å². The van der Waals surface area contributed by atoms with E-state index in [0.717, 1.165) is 0 Å². The highest BCUT2D eigenvalue weighted by molar-refractivity contribution is 5.89. The standard InChI is InChI=1S/C18H12N4O4/c1-10(23)20-18-21-15-14(16(24)22-18)8-12(9-19-15)3-2-11-4-6-13(7-5-11)17(25)26/h4-9H,1H3,(H,25,26)(H2,19,20,21,22,23,24). The molecule has 26 heavy (non-hydrogen) atoms. The molecule has 8 nitrogen and oxygen atoms in total. The number of aromatic nitrogens is 3. The summed E-state index contributed by atoms with van der Waals surface area (Å²) in [5, 5.41) is 21.6. The molecule has 0 aliphatic rings. The van der Waals surface area contributed by atoms with Crippen molar-refractivity contribution in [1.29, 1.82) is 0 Å². The topological polar surface area (TPSA) is 125 Å². The van der Waals surface area contributed by atoms with Gasteiger partial charge >= 0.3 is 5.97 Å². The molecule has 0 bridgehead atoms. The van der Waals surface area contributed by atoms with Gasteiger partial charge in [0, 0.05) is 24.2 Å². The van der Waals surface area contributed by atoms with E-state index in [2.05, 4.69) is 32.1 Å².